The smallest absolute Gasteiger partial charge is 0.0844 e. The third-order valence-electron chi connectivity index (χ3n) is 0.929. The van der Waals surface area contributed by atoms with Gasteiger partial charge in [-0.15, -0.1) is 0 Å². The summed E-state index contributed by atoms with van der Waals surface area (Å²) in [6.45, 7) is 2.14. The summed E-state index contributed by atoms with van der Waals surface area (Å²) in [5.74, 6) is 0. The van der Waals surface area contributed by atoms with Crippen molar-refractivity contribution in [1.82, 2.24) is 5.32 Å². The molecule has 0 atom stereocenters. The summed E-state index contributed by atoms with van der Waals surface area (Å²) in [4.78, 5) is 0. The van der Waals surface area contributed by atoms with Crippen molar-refractivity contribution in [3.05, 3.63) is 0 Å². The third-order valence-corrected chi connectivity index (χ3v) is 0.929. The molecule has 0 unspecified atom stereocenters. The molecule has 0 bridgehead atoms. The lowest BCUT2D eigenvalue weighted by atomic mass is 10.5. The van der Waals surface area contributed by atoms with Crippen LogP contribution in [0.25, 0.3) is 0 Å². The minimum Gasteiger partial charge on any atom is -0.380 e. The van der Waals surface area contributed by atoms with E-state index in [1.54, 1.807) is 0 Å². The molecule has 0 aliphatic heterocycles. The van der Waals surface area contributed by atoms with E-state index in [4.69, 9.17) is 4.74 Å². The van der Waals surface area contributed by atoms with E-state index in [1.165, 1.54) is 0 Å². The van der Waals surface area contributed by atoms with Gasteiger partial charge in [-0.2, -0.15) is 0 Å². The van der Waals surface area contributed by atoms with Crippen LogP contribution in [0.2, 0.25) is 0 Å². The molecule has 0 heterocycles. The van der Waals surface area contributed by atoms with Gasteiger partial charge in [0.1, 0.15) is 0 Å². The molecule has 0 saturated carbocycles. The minimum atomic E-state index is -0.0282. The van der Waals surface area contributed by atoms with Crippen LogP contribution in [0.3, 0.4) is 0 Å². The molecule has 1 radical (unpaired) electrons. The van der Waals surface area contributed by atoms with Gasteiger partial charge < -0.3 is 10.1 Å². The lowest BCUT2D eigenvalue weighted by Crippen LogP contribution is -2.14. The molecule has 55 valence electrons. The Hall–Kier alpha value is -0.120. The van der Waals surface area contributed by atoms with Crippen LogP contribution in [-0.2, 0) is 9.84 Å². The van der Waals surface area contributed by atoms with Crippen molar-refractivity contribution in [2.75, 3.05) is 33.4 Å². The van der Waals surface area contributed by atoms with E-state index in [0.29, 0.717) is 19.6 Å². The van der Waals surface area contributed by atoms with Gasteiger partial charge in [-0.3, -0.25) is 0 Å². The molecule has 0 rings (SSSR count). The largest absolute Gasteiger partial charge is 0.380 e. The Kier molecular flexibility index (Phi) is 7.77. The SMILES string of the molecule is CNCCOCCC[O]. The summed E-state index contributed by atoms with van der Waals surface area (Å²) in [7, 11) is 1.87. The molecule has 0 amide bonds. The molecule has 0 aromatic heterocycles. The highest BCUT2D eigenvalue weighted by atomic mass is 16.5. The molecule has 9 heavy (non-hydrogen) atoms. The Morgan fingerprint density at radius 3 is 2.78 bits per heavy atom. The van der Waals surface area contributed by atoms with Crippen LogP contribution in [0.1, 0.15) is 6.42 Å². The highest BCUT2D eigenvalue weighted by molar-refractivity contribution is 4.36. The van der Waals surface area contributed by atoms with E-state index in [0.717, 1.165) is 6.54 Å². The summed E-state index contributed by atoms with van der Waals surface area (Å²) >= 11 is 0. The van der Waals surface area contributed by atoms with Crippen molar-refractivity contribution in [3.63, 3.8) is 0 Å². The van der Waals surface area contributed by atoms with Gasteiger partial charge in [-0.25, -0.2) is 5.11 Å². The lowest BCUT2D eigenvalue weighted by molar-refractivity contribution is 0.101. The van der Waals surface area contributed by atoms with Crippen molar-refractivity contribution in [2.24, 2.45) is 0 Å². The van der Waals surface area contributed by atoms with Crippen molar-refractivity contribution in [1.29, 1.82) is 0 Å². The first-order chi connectivity index (χ1) is 4.41. The zero-order valence-electron chi connectivity index (χ0n) is 5.85. The van der Waals surface area contributed by atoms with Gasteiger partial charge in [0.05, 0.1) is 13.2 Å². The van der Waals surface area contributed by atoms with E-state index in [-0.39, 0.29) is 6.61 Å². The first-order valence-corrected chi connectivity index (χ1v) is 3.22. The number of hydrogen-bond acceptors (Lipinski definition) is 2. The van der Waals surface area contributed by atoms with Gasteiger partial charge >= 0.3 is 0 Å². The molecule has 0 aromatic rings. The molecular weight excluding hydrogens is 118 g/mol. The Bertz CT molecular complexity index is 44.3. The van der Waals surface area contributed by atoms with Gasteiger partial charge in [0, 0.05) is 13.2 Å². The Morgan fingerprint density at radius 1 is 1.44 bits per heavy atom. The number of hydrogen-bond donors (Lipinski definition) is 1. The maximum atomic E-state index is 9.87. The predicted molar refractivity (Wildman–Crippen MR) is 34.9 cm³/mol. The van der Waals surface area contributed by atoms with Gasteiger partial charge in [0.15, 0.2) is 0 Å². The maximum Gasteiger partial charge on any atom is 0.0844 e. The van der Waals surface area contributed by atoms with Crippen LogP contribution >= 0.6 is 0 Å². The molecule has 3 heteroatoms. The molecule has 3 nitrogen and oxygen atoms in total. The average Bonchev–Trinajstić information content (AvgIpc) is 1.89. The van der Waals surface area contributed by atoms with Crippen molar-refractivity contribution < 1.29 is 9.84 Å². The fourth-order valence-electron chi connectivity index (χ4n) is 0.437. The monoisotopic (exact) mass is 132 g/mol. The van der Waals surface area contributed by atoms with Crippen LogP contribution in [-0.4, -0.2) is 33.4 Å². The van der Waals surface area contributed by atoms with Crippen LogP contribution in [0.5, 0.6) is 0 Å². The molecule has 0 aliphatic rings. The van der Waals surface area contributed by atoms with E-state index < -0.39 is 0 Å². The van der Waals surface area contributed by atoms with Gasteiger partial charge in [-0.05, 0) is 13.5 Å². The standard InChI is InChI=1S/C6H14NO2/c1-7-3-6-9-5-2-4-8/h7H,2-6H2,1H3. The highest BCUT2D eigenvalue weighted by Gasteiger charge is 1.85. The fourth-order valence-corrected chi connectivity index (χ4v) is 0.437. The molecular formula is C6H14NO2. The van der Waals surface area contributed by atoms with Crippen LogP contribution in [0.4, 0.5) is 0 Å². The lowest BCUT2D eigenvalue weighted by Gasteiger charge is -1.99. The topological polar surface area (TPSA) is 41.2 Å². The van der Waals surface area contributed by atoms with E-state index in [1.807, 2.05) is 7.05 Å². The number of likely N-dealkylation sites (N-methyl/N-ethyl adjacent to an activating group) is 1. The summed E-state index contributed by atoms with van der Waals surface area (Å²) in [6.07, 6.45) is 0.629. The first-order valence-electron chi connectivity index (χ1n) is 3.22. The maximum absolute atomic E-state index is 9.87. The van der Waals surface area contributed by atoms with Crippen LogP contribution in [0, 0.1) is 0 Å². The second-order valence-corrected chi connectivity index (χ2v) is 1.77. The van der Waals surface area contributed by atoms with Crippen molar-refractivity contribution >= 4 is 0 Å². The van der Waals surface area contributed by atoms with Crippen molar-refractivity contribution in [3.8, 4) is 0 Å². The quantitative estimate of drug-likeness (QED) is 0.518. The Balaban J connectivity index is 2.60. The van der Waals surface area contributed by atoms with Gasteiger partial charge in [0.25, 0.3) is 0 Å². The van der Waals surface area contributed by atoms with E-state index >= 15 is 0 Å². The summed E-state index contributed by atoms with van der Waals surface area (Å²) in [6, 6.07) is 0. The molecule has 0 aromatic carbocycles. The first kappa shape index (κ1) is 8.88. The summed E-state index contributed by atoms with van der Waals surface area (Å²) in [5.41, 5.74) is 0. The number of nitrogens with one attached hydrogen (secondary N) is 1. The summed E-state index contributed by atoms with van der Waals surface area (Å²) in [5, 5.41) is 12.8. The Morgan fingerprint density at radius 2 is 2.22 bits per heavy atom. The number of rotatable bonds is 6. The molecule has 0 fully saturated rings. The number of ether oxygens (including phenoxy) is 1. The summed E-state index contributed by atoms with van der Waals surface area (Å²) < 4.78 is 5.05. The fraction of sp³-hybridized carbons (Fsp3) is 1.00. The molecule has 0 spiro atoms. The normalized spacial score (nSPS) is 10.0. The van der Waals surface area contributed by atoms with Gasteiger partial charge in [-0.1, -0.05) is 0 Å². The van der Waals surface area contributed by atoms with E-state index in [2.05, 4.69) is 5.32 Å². The minimum absolute atomic E-state index is 0.0282. The van der Waals surface area contributed by atoms with E-state index in [9.17, 15) is 5.11 Å². The second-order valence-electron chi connectivity index (χ2n) is 1.77. The second kappa shape index (κ2) is 7.88. The zero-order valence-corrected chi connectivity index (χ0v) is 5.85. The molecule has 0 aliphatic carbocycles. The molecule has 1 N–H and O–H groups in total. The highest BCUT2D eigenvalue weighted by Crippen LogP contribution is 1.78. The zero-order chi connectivity index (χ0) is 6.95. The predicted octanol–water partition coefficient (Wildman–Crippen LogP) is 0.0430. The third kappa shape index (κ3) is 7.88. The average molecular weight is 132 g/mol. The van der Waals surface area contributed by atoms with Crippen molar-refractivity contribution in [2.45, 2.75) is 6.42 Å². The molecule has 0 saturated heterocycles. The van der Waals surface area contributed by atoms with Gasteiger partial charge in [0.2, 0.25) is 0 Å². The Labute approximate surface area is 56.0 Å². The van der Waals surface area contributed by atoms with Crippen LogP contribution < -0.4 is 5.32 Å². The van der Waals surface area contributed by atoms with Crippen LogP contribution in [0.15, 0.2) is 0 Å².